The quantitative estimate of drug-likeness (QED) is 0.621. The van der Waals surface area contributed by atoms with Crippen molar-refractivity contribution in [3.8, 4) is 23.3 Å². The molecule has 0 heterocycles. The summed E-state index contributed by atoms with van der Waals surface area (Å²) in [5, 5.41) is 18.1. The lowest BCUT2D eigenvalue weighted by Gasteiger charge is -2.05. The van der Waals surface area contributed by atoms with Gasteiger partial charge in [-0.15, -0.1) is 0 Å². The third kappa shape index (κ3) is 1.47. The summed E-state index contributed by atoms with van der Waals surface area (Å²) in [6, 6.07) is 11.3. The van der Waals surface area contributed by atoms with Crippen molar-refractivity contribution in [2.45, 2.75) is 13.8 Å². The molecular formula is C17H10N2O. The molecule has 0 aromatic heterocycles. The standard InChI is InChI=1S/C17H10N2O/c1-9-3-13-14-4-10(2)12(8-19)6-16(14)17(20)15(13)5-11(9)7-18/h3-6H,1-2H3. The molecule has 2 aromatic carbocycles. The number of ketones is 1. The first-order chi connectivity index (χ1) is 9.56. The fourth-order valence-corrected chi connectivity index (χ4v) is 2.62. The van der Waals surface area contributed by atoms with Gasteiger partial charge in [-0.1, -0.05) is 0 Å². The number of carbonyl (C=O) groups is 1. The maximum Gasteiger partial charge on any atom is 0.194 e. The summed E-state index contributed by atoms with van der Waals surface area (Å²) in [5.74, 6) is -0.108. The van der Waals surface area contributed by atoms with Gasteiger partial charge in [-0.3, -0.25) is 4.79 Å². The van der Waals surface area contributed by atoms with E-state index in [1.807, 2.05) is 26.0 Å². The molecule has 3 nitrogen and oxygen atoms in total. The van der Waals surface area contributed by atoms with Gasteiger partial charge in [0.1, 0.15) is 0 Å². The molecule has 20 heavy (non-hydrogen) atoms. The smallest absolute Gasteiger partial charge is 0.194 e. The average Bonchev–Trinajstić information content (AvgIpc) is 2.69. The van der Waals surface area contributed by atoms with Gasteiger partial charge < -0.3 is 0 Å². The van der Waals surface area contributed by atoms with Gasteiger partial charge >= 0.3 is 0 Å². The van der Waals surface area contributed by atoms with Crippen LogP contribution in [0.1, 0.15) is 38.2 Å². The Morgan fingerprint density at radius 1 is 0.750 bits per heavy atom. The normalized spacial score (nSPS) is 11.5. The minimum atomic E-state index is -0.108. The summed E-state index contributed by atoms with van der Waals surface area (Å²) in [5.41, 5.74) is 5.56. The predicted molar refractivity (Wildman–Crippen MR) is 74.2 cm³/mol. The topological polar surface area (TPSA) is 64.7 Å². The maximum atomic E-state index is 12.4. The summed E-state index contributed by atoms with van der Waals surface area (Å²) >= 11 is 0. The Kier molecular flexibility index (Phi) is 2.46. The molecule has 3 rings (SSSR count). The van der Waals surface area contributed by atoms with Crippen LogP contribution in [0.25, 0.3) is 11.1 Å². The van der Waals surface area contributed by atoms with E-state index in [0.717, 1.165) is 22.3 Å². The van der Waals surface area contributed by atoms with Crippen molar-refractivity contribution >= 4 is 5.78 Å². The highest BCUT2D eigenvalue weighted by Crippen LogP contribution is 2.39. The first kappa shape index (κ1) is 12.1. The van der Waals surface area contributed by atoms with Crippen LogP contribution in [0.2, 0.25) is 0 Å². The monoisotopic (exact) mass is 258 g/mol. The molecule has 1 aliphatic carbocycles. The Hall–Kier alpha value is -2.91. The molecular weight excluding hydrogens is 248 g/mol. The van der Waals surface area contributed by atoms with E-state index in [-0.39, 0.29) is 5.78 Å². The van der Waals surface area contributed by atoms with Crippen LogP contribution in [-0.4, -0.2) is 5.78 Å². The van der Waals surface area contributed by atoms with Crippen LogP contribution in [-0.2, 0) is 0 Å². The van der Waals surface area contributed by atoms with Crippen LogP contribution in [0.5, 0.6) is 0 Å². The number of fused-ring (bicyclic) bond motifs is 3. The zero-order valence-corrected chi connectivity index (χ0v) is 11.1. The zero-order valence-electron chi connectivity index (χ0n) is 11.1. The molecule has 0 unspecified atom stereocenters. The molecule has 0 bridgehead atoms. The third-order valence-electron chi connectivity index (χ3n) is 3.75. The second-order valence-corrected chi connectivity index (χ2v) is 4.98. The van der Waals surface area contributed by atoms with E-state index in [1.54, 1.807) is 12.1 Å². The summed E-state index contributed by atoms with van der Waals surface area (Å²) in [6.07, 6.45) is 0. The first-order valence-electron chi connectivity index (χ1n) is 6.21. The number of hydrogen-bond acceptors (Lipinski definition) is 3. The van der Waals surface area contributed by atoms with Crippen molar-refractivity contribution in [1.82, 2.24) is 0 Å². The van der Waals surface area contributed by atoms with E-state index in [4.69, 9.17) is 10.5 Å². The third-order valence-corrected chi connectivity index (χ3v) is 3.75. The number of hydrogen-bond donors (Lipinski definition) is 0. The highest BCUT2D eigenvalue weighted by molar-refractivity contribution is 6.22. The largest absolute Gasteiger partial charge is 0.289 e. The molecule has 0 atom stereocenters. The fraction of sp³-hybridized carbons (Fsp3) is 0.118. The van der Waals surface area contributed by atoms with Gasteiger partial charge in [0.15, 0.2) is 5.78 Å². The molecule has 2 aromatic rings. The number of aryl methyl sites for hydroxylation is 2. The highest BCUT2D eigenvalue weighted by atomic mass is 16.1. The van der Waals surface area contributed by atoms with E-state index in [2.05, 4.69) is 12.1 Å². The van der Waals surface area contributed by atoms with Crippen LogP contribution in [0.3, 0.4) is 0 Å². The minimum absolute atomic E-state index is 0.108. The molecule has 0 saturated carbocycles. The van der Waals surface area contributed by atoms with Crippen LogP contribution in [0, 0.1) is 36.5 Å². The number of carbonyl (C=O) groups excluding carboxylic acids is 1. The van der Waals surface area contributed by atoms with Crippen molar-refractivity contribution in [1.29, 1.82) is 10.5 Å². The van der Waals surface area contributed by atoms with Gasteiger partial charge in [0.2, 0.25) is 0 Å². The molecule has 94 valence electrons. The number of nitrogens with zero attached hydrogens (tertiary/aromatic N) is 2. The average molecular weight is 258 g/mol. The SMILES string of the molecule is Cc1cc2c(cc1C#N)C(=O)c1cc(C#N)c(C)cc1-2. The lowest BCUT2D eigenvalue weighted by Crippen LogP contribution is -1.97. The molecule has 0 radical (unpaired) electrons. The van der Waals surface area contributed by atoms with Gasteiger partial charge in [0, 0.05) is 11.1 Å². The van der Waals surface area contributed by atoms with Gasteiger partial charge in [-0.05, 0) is 60.4 Å². The van der Waals surface area contributed by atoms with E-state index < -0.39 is 0 Å². The predicted octanol–water partition coefficient (Wildman–Crippen LogP) is 3.26. The van der Waals surface area contributed by atoms with Gasteiger partial charge in [-0.2, -0.15) is 10.5 Å². The molecule has 0 aliphatic heterocycles. The van der Waals surface area contributed by atoms with Gasteiger partial charge in [0.05, 0.1) is 23.3 Å². The van der Waals surface area contributed by atoms with Crippen molar-refractivity contribution in [2.24, 2.45) is 0 Å². The number of nitriles is 2. The number of benzene rings is 2. The van der Waals surface area contributed by atoms with Crippen molar-refractivity contribution in [3.63, 3.8) is 0 Å². The highest BCUT2D eigenvalue weighted by Gasteiger charge is 2.28. The van der Waals surface area contributed by atoms with E-state index in [0.29, 0.717) is 22.3 Å². The Bertz CT molecular complexity index is 793. The Morgan fingerprint density at radius 3 is 1.50 bits per heavy atom. The van der Waals surface area contributed by atoms with Crippen LogP contribution >= 0.6 is 0 Å². The summed E-state index contributed by atoms with van der Waals surface area (Å²) < 4.78 is 0. The van der Waals surface area contributed by atoms with Crippen molar-refractivity contribution in [2.75, 3.05) is 0 Å². The van der Waals surface area contributed by atoms with Crippen LogP contribution < -0.4 is 0 Å². The lowest BCUT2D eigenvalue weighted by atomic mass is 9.97. The zero-order chi connectivity index (χ0) is 14.4. The van der Waals surface area contributed by atoms with Gasteiger partial charge in [-0.25, -0.2) is 0 Å². The minimum Gasteiger partial charge on any atom is -0.289 e. The molecule has 0 fully saturated rings. The lowest BCUT2D eigenvalue weighted by molar-refractivity contribution is 0.104. The van der Waals surface area contributed by atoms with Crippen LogP contribution in [0.15, 0.2) is 24.3 Å². The van der Waals surface area contributed by atoms with E-state index in [1.165, 1.54) is 0 Å². The van der Waals surface area contributed by atoms with Crippen molar-refractivity contribution in [3.05, 3.63) is 57.6 Å². The molecule has 0 N–H and O–H groups in total. The second kappa shape index (κ2) is 4.05. The summed E-state index contributed by atoms with van der Waals surface area (Å²) in [4.78, 5) is 12.4. The van der Waals surface area contributed by atoms with Crippen molar-refractivity contribution < 1.29 is 4.79 Å². The molecule has 0 saturated heterocycles. The fourth-order valence-electron chi connectivity index (χ4n) is 2.62. The summed E-state index contributed by atoms with van der Waals surface area (Å²) in [7, 11) is 0. The molecule has 0 amide bonds. The number of rotatable bonds is 0. The molecule has 1 aliphatic rings. The van der Waals surface area contributed by atoms with E-state index >= 15 is 0 Å². The first-order valence-corrected chi connectivity index (χ1v) is 6.21. The molecule has 0 spiro atoms. The Morgan fingerprint density at radius 2 is 1.15 bits per heavy atom. The van der Waals surface area contributed by atoms with Gasteiger partial charge in [0.25, 0.3) is 0 Å². The Balaban J connectivity index is 2.35. The Labute approximate surface area is 116 Å². The second-order valence-electron chi connectivity index (χ2n) is 4.98. The maximum absolute atomic E-state index is 12.4. The van der Waals surface area contributed by atoms with E-state index in [9.17, 15) is 4.79 Å². The summed E-state index contributed by atoms with van der Waals surface area (Å²) in [6.45, 7) is 3.72. The molecule has 3 heteroatoms. The van der Waals surface area contributed by atoms with Crippen LogP contribution in [0.4, 0.5) is 0 Å².